The molecule has 1 aliphatic heterocycles. The molecule has 2 aromatic rings. The van der Waals surface area contributed by atoms with Gasteiger partial charge in [-0.25, -0.2) is 0 Å². The SMILES string of the molecule is OC1(c2ccc([S+]3CCCCC3)c3ccccc23)CCCCC1. The van der Waals surface area contributed by atoms with Crippen LogP contribution in [0.5, 0.6) is 0 Å². The summed E-state index contributed by atoms with van der Waals surface area (Å²) in [6.07, 6.45) is 9.56. The lowest BCUT2D eigenvalue weighted by molar-refractivity contribution is 0.000733. The van der Waals surface area contributed by atoms with Crippen molar-refractivity contribution in [2.45, 2.75) is 61.9 Å². The number of hydrogen-bond donors (Lipinski definition) is 1. The zero-order valence-electron chi connectivity index (χ0n) is 13.9. The van der Waals surface area contributed by atoms with E-state index in [1.54, 1.807) is 4.90 Å². The Balaban J connectivity index is 1.82. The van der Waals surface area contributed by atoms with E-state index < -0.39 is 5.60 Å². The van der Waals surface area contributed by atoms with Gasteiger partial charge in [-0.1, -0.05) is 43.5 Å². The Bertz CT molecular complexity index is 681. The van der Waals surface area contributed by atoms with Gasteiger partial charge in [-0.05, 0) is 55.2 Å². The van der Waals surface area contributed by atoms with Gasteiger partial charge in [0.15, 0.2) is 4.90 Å². The quantitative estimate of drug-likeness (QED) is 0.756. The lowest BCUT2D eigenvalue weighted by Crippen LogP contribution is -2.29. The van der Waals surface area contributed by atoms with Crippen LogP contribution in [0.3, 0.4) is 0 Å². The van der Waals surface area contributed by atoms with Gasteiger partial charge in [-0.2, -0.15) is 0 Å². The maximum atomic E-state index is 11.2. The van der Waals surface area contributed by atoms with Crippen LogP contribution in [0.2, 0.25) is 0 Å². The fourth-order valence-electron chi connectivity index (χ4n) is 4.39. The second-order valence-corrected chi connectivity index (χ2v) is 9.45. The molecule has 1 saturated carbocycles. The third-order valence-electron chi connectivity index (χ3n) is 5.66. The van der Waals surface area contributed by atoms with E-state index in [-0.39, 0.29) is 0 Å². The van der Waals surface area contributed by atoms with Gasteiger partial charge in [0, 0.05) is 16.3 Å². The van der Waals surface area contributed by atoms with Crippen molar-refractivity contribution >= 4 is 21.7 Å². The predicted octanol–water partition coefficient (Wildman–Crippen LogP) is 5.15. The second-order valence-electron chi connectivity index (χ2n) is 7.21. The Kier molecular flexibility index (Phi) is 4.38. The number of aliphatic hydroxyl groups is 1. The van der Waals surface area contributed by atoms with Gasteiger partial charge in [-0.3, -0.25) is 0 Å². The Hall–Kier alpha value is -0.990. The van der Waals surface area contributed by atoms with Crippen LogP contribution in [0.1, 0.15) is 56.9 Å². The summed E-state index contributed by atoms with van der Waals surface area (Å²) in [5, 5.41) is 13.9. The number of hydrogen-bond acceptors (Lipinski definition) is 1. The first kappa shape index (κ1) is 15.5. The fraction of sp³-hybridized carbons (Fsp3) is 0.524. The van der Waals surface area contributed by atoms with Crippen LogP contribution < -0.4 is 0 Å². The number of benzene rings is 2. The molecule has 122 valence electrons. The van der Waals surface area contributed by atoms with E-state index in [4.69, 9.17) is 0 Å². The predicted molar refractivity (Wildman–Crippen MR) is 100 cm³/mol. The standard InChI is InChI=1S/C21H27OS/c22-21(13-5-1-6-14-21)19-11-12-20(23-15-7-2-8-16-23)18-10-4-3-9-17(18)19/h3-4,9-12,22H,1-2,5-8,13-16H2/q+1. The van der Waals surface area contributed by atoms with Crippen LogP contribution in [0.4, 0.5) is 0 Å². The molecule has 0 radical (unpaired) electrons. The Morgan fingerprint density at radius 1 is 0.739 bits per heavy atom. The molecule has 1 heterocycles. The van der Waals surface area contributed by atoms with E-state index in [0.29, 0.717) is 10.9 Å². The molecule has 0 aromatic heterocycles. The molecular weight excluding hydrogens is 300 g/mol. The first-order chi connectivity index (χ1) is 11.3. The summed E-state index contributed by atoms with van der Waals surface area (Å²) in [4.78, 5) is 1.54. The lowest BCUT2D eigenvalue weighted by atomic mass is 9.78. The van der Waals surface area contributed by atoms with Gasteiger partial charge < -0.3 is 5.11 Å². The zero-order chi connectivity index (χ0) is 15.7. The average Bonchev–Trinajstić information content (AvgIpc) is 2.62. The summed E-state index contributed by atoms with van der Waals surface area (Å²) in [6.45, 7) is 0. The minimum absolute atomic E-state index is 0.409. The topological polar surface area (TPSA) is 20.2 Å². The molecule has 1 saturated heterocycles. The Morgan fingerprint density at radius 3 is 2.13 bits per heavy atom. The minimum atomic E-state index is -0.605. The Labute approximate surface area is 142 Å². The average molecular weight is 328 g/mol. The summed E-state index contributed by atoms with van der Waals surface area (Å²) in [7, 11) is 0.409. The van der Waals surface area contributed by atoms with Gasteiger partial charge in [0.25, 0.3) is 0 Å². The third kappa shape index (κ3) is 2.92. The van der Waals surface area contributed by atoms with Crippen molar-refractivity contribution in [2.75, 3.05) is 11.5 Å². The molecule has 2 aliphatic rings. The van der Waals surface area contributed by atoms with Crippen molar-refractivity contribution in [1.29, 1.82) is 0 Å². The maximum Gasteiger partial charge on any atom is 0.162 e. The van der Waals surface area contributed by atoms with Crippen molar-refractivity contribution in [1.82, 2.24) is 0 Å². The van der Waals surface area contributed by atoms with Crippen molar-refractivity contribution in [3.63, 3.8) is 0 Å². The number of rotatable bonds is 2. The van der Waals surface area contributed by atoms with Crippen LogP contribution in [-0.2, 0) is 16.5 Å². The minimum Gasteiger partial charge on any atom is -0.385 e. The smallest absolute Gasteiger partial charge is 0.162 e. The first-order valence-corrected chi connectivity index (χ1v) is 10.8. The highest BCUT2D eigenvalue weighted by Crippen LogP contribution is 2.42. The molecule has 0 amide bonds. The van der Waals surface area contributed by atoms with Crippen LogP contribution in [0.25, 0.3) is 10.8 Å². The Morgan fingerprint density at radius 2 is 1.39 bits per heavy atom. The van der Waals surface area contributed by atoms with Crippen LogP contribution in [-0.4, -0.2) is 16.6 Å². The monoisotopic (exact) mass is 327 g/mol. The molecule has 0 atom stereocenters. The van der Waals surface area contributed by atoms with Crippen LogP contribution in [0.15, 0.2) is 41.3 Å². The molecule has 2 heteroatoms. The molecule has 4 rings (SSSR count). The highest BCUT2D eigenvalue weighted by atomic mass is 32.2. The van der Waals surface area contributed by atoms with E-state index in [1.165, 1.54) is 53.5 Å². The molecule has 2 fully saturated rings. The van der Waals surface area contributed by atoms with Gasteiger partial charge in [-0.15, -0.1) is 0 Å². The van der Waals surface area contributed by atoms with Crippen LogP contribution >= 0.6 is 0 Å². The molecule has 0 spiro atoms. The summed E-state index contributed by atoms with van der Waals surface area (Å²) >= 11 is 0. The molecule has 2 aromatic carbocycles. The van der Waals surface area contributed by atoms with E-state index >= 15 is 0 Å². The fourth-order valence-corrected chi connectivity index (χ4v) is 6.88. The van der Waals surface area contributed by atoms with Crippen molar-refractivity contribution < 1.29 is 5.11 Å². The highest BCUT2D eigenvalue weighted by Gasteiger charge is 2.34. The van der Waals surface area contributed by atoms with Gasteiger partial charge in [0.1, 0.15) is 11.5 Å². The van der Waals surface area contributed by atoms with Gasteiger partial charge in [0.2, 0.25) is 0 Å². The van der Waals surface area contributed by atoms with Crippen molar-refractivity contribution in [3.05, 3.63) is 42.0 Å². The first-order valence-electron chi connectivity index (χ1n) is 9.20. The summed E-state index contributed by atoms with van der Waals surface area (Å²) in [5.74, 6) is 2.71. The largest absolute Gasteiger partial charge is 0.385 e. The third-order valence-corrected chi connectivity index (χ3v) is 8.20. The molecule has 1 aliphatic carbocycles. The van der Waals surface area contributed by atoms with E-state index in [2.05, 4.69) is 36.4 Å². The normalized spacial score (nSPS) is 22.3. The summed E-state index contributed by atoms with van der Waals surface area (Å²) < 4.78 is 0. The molecular formula is C21H27OS+. The van der Waals surface area contributed by atoms with Crippen LogP contribution in [0, 0.1) is 0 Å². The molecule has 0 bridgehead atoms. The highest BCUT2D eigenvalue weighted by molar-refractivity contribution is 7.97. The lowest BCUT2D eigenvalue weighted by Gasteiger charge is -2.33. The van der Waals surface area contributed by atoms with E-state index in [9.17, 15) is 5.11 Å². The summed E-state index contributed by atoms with van der Waals surface area (Å²) in [5.41, 5.74) is 0.573. The van der Waals surface area contributed by atoms with Gasteiger partial charge in [0.05, 0.1) is 5.60 Å². The second kappa shape index (κ2) is 6.49. The number of fused-ring (bicyclic) bond motifs is 1. The molecule has 0 unspecified atom stereocenters. The van der Waals surface area contributed by atoms with E-state index in [1.807, 2.05) is 0 Å². The maximum absolute atomic E-state index is 11.2. The van der Waals surface area contributed by atoms with E-state index in [0.717, 1.165) is 25.7 Å². The summed E-state index contributed by atoms with van der Waals surface area (Å²) in [6, 6.07) is 13.4. The van der Waals surface area contributed by atoms with Crippen molar-refractivity contribution in [3.8, 4) is 0 Å². The zero-order valence-corrected chi connectivity index (χ0v) is 14.7. The molecule has 1 N–H and O–H groups in total. The van der Waals surface area contributed by atoms with Crippen molar-refractivity contribution in [2.24, 2.45) is 0 Å². The van der Waals surface area contributed by atoms with Gasteiger partial charge >= 0.3 is 0 Å². The molecule has 23 heavy (non-hydrogen) atoms. The molecule has 1 nitrogen and oxygen atoms in total.